The Balaban J connectivity index is 1.96. The highest BCUT2D eigenvalue weighted by Crippen LogP contribution is 2.08. The monoisotopic (exact) mass is 277 g/mol. The molecule has 0 aromatic carbocycles. The average molecular weight is 277 g/mol. The second-order valence-corrected chi connectivity index (χ2v) is 4.17. The second-order valence-electron chi connectivity index (χ2n) is 4.17. The van der Waals surface area contributed by atoms with E-state index in [1.807, 2.05) is 0 Å². The lowest BCUT2D eigenvalue weighted by Gasteiger charge is -2.18. The summed E-state index contributed by atoms with van der Waals surface area (Å²) < 4.78 is 9.87. The topological polar surface area (TPSA) is 88.6 Å². The highest BCUT2D eigenvalue weighted by atomic mass is 16.5. The zero-order valence-electron chi connectivity index (χ0n) is 11.3. The molecule has 0 fully saturated rings. The van der Waals surface area contributed by atoms with E-state index in [-0.39, 0.29) is 24.1 Å². The molecular weight excluding hydrogens is 262 g/mol. The summed E-state index contributed by atoms with van der Waals surface area (Å²) in [5.41, 5.74) is 0. The fourth-order valence-electron chi connectivity index (χ4n) is 1.66. The number of aromatic nitrogens is 1. The van der Waals surface area contributed by atoms with E-state index in [0.29, 0.717) is 18.1 Å². The summed E-state index contributed by atoms with van der Waals surface area (Å²) in [4.78, 5) is 25.3. The van der Waals surface area contributed by atoms with Crippen LogP contribution >= 0.6 is 0 Å². The van der Waals surface area contributed by atoms with Crippen LogP contribution in [0.1, 0.15) is 23.2 Å². The van der Waals surface area contributed by atoms with Crippen molar-refractivity contribution in [1.29, 1.82) is 0 Å². The Morgan fingerprint density at radius 3 is 2.80 bits per heavy atom. The molecular formula is C13H15N3O4. The van der Waals surface area contributed by atoms with Gasteiger partial charge in [-0.25, -0.2) is 0 Å². The van der Waals surface area contributed by atoms with Gasteiger partial charge in [-0.15, -0.1) is 0 Å². The number of likely N-dealkylation sites (N-methyl/N-ethyl adjacent to an activating group) is 1. The molecule has 2 rings (SSSR count). The molecule has 20 heavy (non-hydrogen) atoms. The van der Waals surface area contributed by atoms with Gasteiger partial charge in [0.25, 0.3) is 5.91 Å². The SMILES string of the molecule is CCN(CC(=O)Nc1cc(C)on1)C(=O)c1ccco1. The number of furan rings is 1. The van der Waals surface area contributed by atoms with Crippen molar-refractivity contribution < 1.29 is 18.5 Å². The normalized spacial score (nSPS) is 10.3. The first-order valence-electron chi connectivity index (χ1n) is 6.16. The Labute approximate surface area is 115 Å². The summed E-state index contributed by atoms with van der Waals surface area (Å²) >= 11 is 0. The van der Waals surface area contributed by atoms with Crippen molar-refractivity contribution in [2.75, 3.05) is 18.4 Å². The van der Waals surface area contributed by atoms with Gasteiger partial charge in [-0.1, -0.05) is 5.16 Å². The Hall–Kier alpha value is -2.57. The first kappa shape index (κ1) is 13.9. The van der Waals surface area contributed by atoms with Crippen LogP contribution in [0.5, 0.6) is 0 Å². The predicted octanol–water partition coefficient (Wildman–Crippen LogP) is 1.68. The van der Waals surface area contributed by atoms with Crippen molar-refractivity contribution in [3.05, 3.63) is 36.0 Å². The van der Waals surface area contributed by atoms with Gasteiger partial charge in [0.15, 0.2) is 11.6 Å². The smallest absolute Gasteiger partial charge is 0.290 e. The minimum Gasteiger partial charge on any atom is -0.459 e. The van der Waals surface area contributed by atoms with Crippen LogP contribution in [-0.2, 0) is 4.79 Å². The van der Waals surface area contributed by atoms with Crippen LogP contribution in [0.4, 0.5) is 5.82 Å². The van der Waals surface area contributed by atoms with Crippen LogP contribution < -0.4 is 5.32 Å². The van der Waals surface area contributed by atoms with Crippen molar-refractivity contribution in [2.45, 2.75) is 13.8 Å². The predicted molar refractivity (Wildman–Crippen MR) is 70.2 cm³/mol. The highest BCUT2D eigenvalue weighted by molar-refractivity contribution is 5.97. The molecule has 0 radical (unpaired) electrons. The number of rotatable bonds is 5. The van der Waals surface area contributed by atoms with Crippen LogP contribution in [0.3, 0.4) is 0 Å². The molecule has 0 spiro atoms. The average Bonchev–Trinajstić information content (AvgIpc) is 3.07. The Morgan fingerprint density at radius 1 is 1.45 bits per heavy atom. The quantitative estimate of drug-likeness (QED) is 0.898. The van der Waals surface area contributed by atoms with Gasteiger partial charge in [-0.05, 0) is 26.0 Å². The Kier molecular flexibility index (Phi) is 4.19. The fraction of sp³-hybridized carbons (Fsp3) is 0.308. The number of hydrogen-bond donors (Lipinski definition) is 1. The lowest BCUT2D eigenvalue weighted by Crippen LogP contribution is -2.37. The molecule has 1 N–H and O–H groups in total. The molecule has 0 unspecified atom stereocenters. The molecule has 0 atom stereocenters. The van der Waals surface area contributed by atoms with E-state index in [2.05, 4.69) is 10.5 Å². The van der Waals surface area contributed by atoms with Crippen LogP contribution in [0.2, 0.25) is 0 Å². The molecule has 2 heterocycles. The van der Waals surface area contributed by atoms with E-state index in [1.165, 1.54) is 11.2 Å². The number of hydrogen-bond acceptors (Lipinski definition) is 5. The van der Waals surface area contributed by atoms with Gasteiger partial charge >= 0.3 is 0 Å². The van der Waals surface area contributed by atoms with Crippen LogP contribution in [0.15, 0.2) is 33.4 Å². The number of amides is 2. The van der Waals surface area contributed by atoms with Gasteiger partial charge in [-0.2, -0.15) is 0 Å². The third-order valence-corrected chi connectivity index (χ3v) is 2.63. The van der Waals surface area contributed by atoms with Crippen molar-refractivity contribution in [1.82, 2.24) is 10.1 Å². The number of aryl methyl sites for hydroxylation is 1. The van der Waals surface area contributed by atoms with E-state index in [1.54, 1.807) is 32.0 Å². The van der Waals surface area contributed by atoms with Crippen molar-refractivity contribution in [3.63, 3.8) is 0 Å². The zero-order valence-corrected chi connectivity index (χ0v) is 11.3. The molecule has 2 amide bonds. The Morgan fingerprint density at radius 2 is 2.25 bits per heavy atom. The zero-order chi connectivity index (χ0) is 14.5. The molecule has 2 aromatic rings. The maximum atomic E-state index is 12.0. The van der Waals surface area contributed by atoms with Crippen molar-refractivity contribution in [2.24, 2.45) is 0 Å². The molecule has 0 aliphatic rings. The molecule has 0 aliphatic heterocycles. The Bertz CT molecular complexity index is 589. The number of carbonyl (C=O) groups is 2. The standard InChI is InChI=1S/C13H15N3O4/c1-3-16(13(18)10-5-4-6-19-10)8-12(17)14-11-7-9(2)20-15-11/h4-7H,3,8H2,1-2H3,(H,14,15,17). The summed E-state index contributed by atoms with van der Waals surface area (Å²) in [6.45, 7) is 3.82. The molecule has 0 saturated heterocycles. The molecule has 0 saturated carbocycles. The number of carbonyl (C=O) groups excluding carboxylic acids is 2. The van der Waals surface area contributed by atoms with Gasteiger partial charge in [0.1, 0.15) is 12.3 Å². The fourth-order valence-corrected chi connectivity index (χ4v) is 1.66. The van der Waals surface area contributed by atoms with Gasteiger partial charge < -0.3 is 19.2 Å². The van der Waals surface area contributed by atoms with Crippen LogP contribution in [-0.4, -0.2) is 35.0 Å². The van der Waals surface area contributed by atoms with Gasteiger partial charge in [-0.3, -0.25) is 9.59 Å². The molecule has 0 bridgehead atoms. The molecule has 0 aliphatic carbocycles. The highest BCUT2D eigenvalue weighted by Gasteiger charge is 2.19. The van der Waals surface area contributed by atoms with Crippen molar-refractivity contribution >= 4 is 17.6 Å². The summed E-state index contributed by atoms with van der Waals surface area (Å²) in [6, 6.07) is 4.78. The minimum absolute atomic E-state index is 0.0814. The van der Waals surface area contributed by atoms with E-state index >= 15 is 0 Å². The maximum Gasteiger partial charge on any atom is 0.290 e. The van der Waals surface area contributed by atoms with E-state index in [4.69, 9.17) is 8.94 Å². The third kappa shape index (κ3) is 3.25. The lowest BCUT2D eigenvalue weighted by atomic mass is 10.3. The first-order chi connectivity index (χ1) is 9.60. The summed E-state index contributed by atoms with van der Waals surface area (Å²) in [5.74, 6) is 0.453. The van der Waals surface area contributed by atoms with Gasteiger partial charge in [0.2, 0.25) is 5.91 Å². The lowest BCUT2D eigenvalue weighted by molar-refractivity contribution is -0.116. The minimum atomic E-state index is -0.347. The summed E-state index contributed by atoms with van der Waals surface area (Å²) in [7, 11) is 0. The van der Waals surface area contributed by atoms with E-state index in [9.17, 15) is 9.59 Å². The van der Waals surface area contributed by atoms with Crippen molar-refractivity contribution in [3.8, 4) is 0 Å². The van der Waals surface area contributed by atoms with E-state index < -0.39 is 0 Å². The molecule has 7 heteroatoms. The number of nitrogens with zero attached hydrogens (tertiary/aromatic N) is 2. The summed E-state index contributed by atoms with van der Waals surface area (Å²) in [5, 5.41) is 6.21. The van der Waals surface area contributed by atoms with E-state index in [0.717, 1.165) is 0 Å². The second kappa shape index (κ2) is 6.05. The van der Waals surface area contributed by atoms with Gasteiger partial charge in [0.05, 0.1) is 6.26 Å². The van der Waals surface area contributed by atoms with Crippen LogP contribution in [0.25, 0.3) is 0 Å². The largest absolute Gasteiger partial charge is 0.459 e. The van der Waals surface area contributed by atoms with Gasteiger partial charge in [0, 0.05) is 12.6 Å². The molecule has 7 nitrogen and oxygen atoms in total. The first-order valence-corrected chi connectivity index (χ1v) is 6.16. The molecule has 2 aromatic heterocycles. The third-order valence-electron chi connectivity index (χ3n) is 2.63. The summed E-state index contributed by atoms with van der Waals surface area (Å²) in [6.07, 6.45) is 1.42. The molecule has 106 valence electrons. The number of anilines is 1. The maximum absolute atomic E-state index is 12.0. The van der Waals surface area contributed by atoms with Crippen LogP contribution in [0, 0.1) is 6.92 Å². The number of nitrogens with one attached hydrogen (secondary N) is 1.